The lowest BCUT2D eigenvalue weighted by atomic mass is 10.0. The first-order valence-corrected chi connectivity index (χ1v) is 17.2. The van der Waals surface area contributed by atoms with Gasteiger partial charge in [-0.3, -0.25) is 19.2 Å². The van der Waals surface area contributed by atoms with Crippen LogP contribution in [-0.4, -0.2) is 73.0 Å². The second kappa shape index (κ2) is 17.8. The number of halogens is 1. The normalized spacial score (nSPS) is 17.4. The number of amides is 4. The summed E-state index contributed by atoms with van der Waals surface area (Å²) >= 11 is 0. The first-order valence-electron chi connectivity index (χ1n) is 17.2. The number of fused-ring (bicyclic) bond motifs is 1. The van der Waals surface area contributed by atoms with Crippen LogP contribution in [0.25, 0.3) is 0 Å². The number of benzene rings is 4. The highest BCUT2D eigenvalue weighted by Crippen LogP contribution is 2.32. The van der Waals surface area contributed by atoms with Gasteiger partial charge >= 0.3 is 0 Å². The molecule has 3 N–H and O–H groups in total. The fourth-order valence-corrected chi connectivity index (χ4v) is 5.64. The Kier molecular flexibility index (Phi) is 12.8. The van der Waals surface area contributed by atoms with E-state index in [1.807, 2.05) is 56.3 Å². The molecule has 0 radical (unpaired) electrons. The highest BCUT2D eigenvalue weighted by atomic mass is 19.1. The summed E-state index contributed by atoms with van der Waals surface area (Å²) < 4.78 is 31.9. The van der Waals surface area contributed by atoms with E-state index in [9.17, 15) is 23.6 Å². The molecule has 12 heteroatoms. The topological polar surface area (TPSA) is 135 Å². The van der Waals surface area contributed by atoms with Gasteiger partial charge in [-0.1, -0.05) is 60.2 Å². The maximum Gasteiger partial charge on any atom is 0.255 e. The highest BCUT2D eigenvalue weighted by Gasteiger charge is 2.31. The number of likely N-dealkylation sites (N-methyl/N-ethyl adjacent to an activating group) is 1. The molecule has 52 heavy (non-hydrogen) atoms. The van der Waals surface area contributed by atoms with Gasteiger partial charge < -0.3 is 35.1 Å². The van der Waals surface area contributed by atoms with E-state index in [0.717, 1.165) is 11.1 Å². The fourth-order valence-electron chi connectivity index (χ4n) is 5.64. The SMILES string of the molecule is CCN1CCOc2ccccc2C(=O)N[C@H](C(=O)N[C@H](C)COc2ccc(F)cc2Oc2ccc(C)cc2)CC(=O)N[C@H](Cc2ccccc2)C1=O. The van der Waals surface area contributed by atoms with Gasteiger partial charge in [-0.15, -0.1) is 0 Å². The van der Waals surface area contributed by atoms with Crippen LogP contribution < -0.4 is 30.2 Å². The molecule has 0 saturated heterocycles. The van der Waals surface area contributed by atoms with Crippen molar-refractivity contribution in [1.29, 1.82) is 0 Å². The molecular formula is C40H43FN4O7. The van der Waals surface area contributed by atoms with E-state index in [0.29, 0.717) is 12.3 Å². The van der Waals surface area contributed by atoms with E-state index in [1.54, 1.807) is 48.2 Å². The third-order valence-electron chi connectivity index (χ3n) is 8.40. The Morgan fingerprint density at radius 3 is 2.44 bits per heavy atom. The summed E-state index contributed by atoms with van der Waals surface area (Å²) in [6.07, 6.45) is -0.229. The molecule has 4 amide bonds. The number of rotatable bonds is 10. The third-order valence-corrected chi connectivity index (χ3v) is 8.40. The second-order valence-corrected chi connectivity index (χ2v) is 12.5. The lowest BCUT2D eigenvalue weighted by Crippen LogP contribution is -2.54. The zero-order valence-electron chi connectivity index (χ0n) is 29.4. The molecule has 1 aliphatic rings. The number of aryl methyl sites for hydroxylation is 1. The number of carbonyl (C=O) groups excluding carboxylic acids is 4. The van der Waals surface area contributed by atoms with Crippen LogP contribution in [0.1, 0.15) is 41.8 Å². The van der Waals surface area contributed by atoms with Crippen LogP contribution >= 0.6 is 0 Å². The molecule has 0 aromatic heterocycles. The number of nitrogens with zero attached hydrogens (tertiary/aromatic N) is 1. The minimum atomic E-state index is -1.33. The minimum absolute atomic E-state index is 0.0499. The molecule has 0 saturated carbocycles. The van der Waals surface area contributed by atoms with Gasteiger partial charge in [0, 0.05) is 19.0 Å². The van der Waals surface area contributed by atoms with Crippen molar-refractivity contribution >= 4 is 23.6 Å². The Hall–Kier alpha value is -5.91. The number of carbonyl (C=O) groups is 4. The molecule has 1 aliphatic heterocycles. The van der Waals surface area contributed by atoms with Crippen LogP contribution in [0.3, 0.4) is 0 Å². The summed E-state index contributed by atoms with van der Waals surface area (Å²) in [5, 5.41) is 8.31. The molecular weight excluding hydrogens is 667 g/mol. The Labute approximate surface area is 302 Å². The Morgan fingerprint density at radius 2 is 1.69 bits per heavy atom. The van der Waals surface area contributed by atoms with Gasteiger partial charge in [0.15, 0.2) is 11.5 Å². The number of hydrogen-bond acceptors (Lipinski definition) is 7. The maximum absolute atomic E-state index is 14.2. The largest absolute Gasteiger partial charge is 0.491 e. The molecule has 0 spiro atoms. The molecule has 11 nitrogen and oxygen atoms in total. The monoisotopic (exact) mass is 710 g/mol. The van der Waals surface area contributed by atoms with Crippen molar-refractivity contribution in [3.8, 4) is 23.0 Å². The van der Waals surface area contributed by atoms with E-state index in [2.05, 4.69) is 16.0 Å². The molecule has 0 fully saturated rings. The highest BCUT2D eigenvalue weighted by molar-refractivity contribution is 6.01. The molecule has 272 valence electrons. The Balaban J connectivity index is 1.33. The van der Waals surface area contributed by atoms with Crippen molar-refractivity contribution in [2.24, 2.45) is 0 Å². The van der Waals surface area contributed by atoms with Gasteiger partial charge in [0.1, 0.15) is 42.6 Å². The van der Waals surface area contributed by atoms with Crippen LogP contribution in [0.4, 0.5) is 4.39 Å². The number of ether oxygens (including phenoxy) is 3. The zero-order valence-corrected chi connectivity index (χ0v) is 29.4. The average Bonchev–Trinajstić information content (AvgIpc) is 3.13. The van der Waals surface area contributed by atoms with Crippen molar-refractivity contribution in [2.45, 2.75) is 51.7 Å². The molecule has 3 atom stereocenters. The van der Waals surface area contributed by atoms with Gasteiger partial charge in [0.2, 0.25) is 17.7 Å². The molecule has 1 heterocycles. The maximum atomic E-state index is 14.2. The van der Waals surface area contributed by atoms with Gasteiger partial charge in [-0.25, -0.2) is 4.39 Å². The zero-order chi connectivity index (χ0) is 37.0. The lowest BCUT2D eigenvalue weighted by molar-refractivity contribution is -0.137. The molecule has 0 unspecified atom stereocenters. The quantitative estimate of drug-likeness (QED) is 0.212. The van der Waals surface area contributed by atoms with Crippen LogP contribution in [0.2, 0.25) is 0 Å². The summed E-state index contributed by atoms with van der Waals surface area (Å²) in [7, 11) is 0. The summed E-state index contributed by atoms with van der Waals surface area (Å²) in [6, 6.07) is 24.1. The van der Waals surface area contributed by atoms with Crippen LogP contribution in [0.5, 0.6) is 23.0 Å². The van der Waals surface area contributed by atoms with Crippen molar-refractivity contribution in [3.63, 3.8) is 0 Å². The van der Waals surface area contributed by atoms with Gasteiger partial charge in [0.05, 0.1) is 24.6 Å². The summed E-state index contributed by atoms with van der Waals surface area (Å²) in [4.78, 5) is 56.2. The standard InChI is InChI=1S/C40H43FN4O7/c1-4-45-20-21-50-34-13-9-8-12-31(34)38(47)44-32(24-37(46)43-33(40(45)49)22-28-10-6-5-7-11-28)39(48)42-27(3)25-51-35-19-16-29(41)23-36(35)52-30-17-14-26(2)15-18-30/h5-19,23,27,32-33H,4,20-22,24-25H2,1-3H3,(H,42,48)(H,43,46)(H,44,47)/t27-,32+,33-/m1/s1. The van der Waals surface area contributed by atoms with Crippen LogP contribution in [-0.2, 0) is 20.8 Å². The number of hydrogen-bond donors (Lipinski definition) is 3. The Bertz CT molecular complexity index is 1850. The first-order chi connectivity index (χ1) is 25.1. The van der Waals surface area contributed by atoms with Gasteiger partial charge in [-0.05, 0) is 62.7 Å². The van der Waals surface area contributed by atoms with Crippen LogP contribution in [0, 0.1) is 12.7 Å². The predicted octanol–water partition coefficient (Wildman–Crippen LogP) is 4.97. The lowest BCUT2D eigenvalue weighted by Gasteiger charge is -2.28. The minimum Gasteiger partial charge on any atom is -0.491 e. The fraction of sp³-hybridized carbons (Fsp3) is 0.300. The predicted molar refractivity (Wildman–Crippen MR) is 193 cm³/mol. The number of nitrogens with one attached hydrogen (secondary N) is 3. The second-order valence-electron chi connectivity index (χ2n) is 12.5. The van der Waals surface area contributed by atoms with Crippen molar-refractivity contribution in [3.05, 3.63) is 120 Å². The van der Waals surface area contributed by atoms with Crippen molar-refractivity contribution in [2.75, 3.05) is 26.3 Å². The van der Waals surface area contributed by atoms with E-state index in [-0.39, 0.29) is 54.9 Å². The van der Waals surface area contributed by atoms with E-state index < -0.39 is 48.1 Å². The molecule has 5 rings (SSSR count). The summed E-state index contributed by atoms with van der Waals surface area (Å²) in [5.74, 6) is -1.50. The molecule has 0 bridgehead atoms. The third kappa shape index (κ3) is 10.3. The van der Waals surface area contributed by atoms with Crippen molar-refractivity contribution < 1.29 is 37.8 Å². The number of para-hydroxylation sites is 1. The van der Waals surface area contributed by atoms with Gasteiger partial charge in [-0.2, -0.15) is 0 Å². The average molecular weight is 711 g/mol. The van der Waals surface area contributed by atoms with E-state index >= 15 is 0 Å². The van der Waals surface area contributed by atoms with E-state index in [4.69, 9.17) is 14.2 Å². The van der Waals surface area contributed by atoms with Gasteiger partial charge in [0.25, 0.3) is 5.91 Å². The summed E-state index contributed by atoms with van der Waals surface area (Å²) in [5.41, 5.74) is 2.05. The smallest absolute Gasteiger partial charge is 0.255 e. The summed E-state index contributed by atoms with van der Waals surface area (Å²) in [6.45, 7) is 6.11. The van der Waals surface area contributed by atoms with Crippen LogP contribution in [0.15, 0.2) is 97.1 Å². The molecule has 4 aromatic rings. The first kappa shape index (κ1) is 37.3. The van der Waals surface area contributed by atoms with E-state index in [1.165, 1.54) is 18.2 Å². The Morgan fingerprint density at radius 1 is 0.962 bits per heavy atom. The molecule has 0 aliphatic carbocycles. The van der Waals surface area contributed by atoms with Crippen molar-refractivity contribution in [1.82, 2.24) is 20.9 Å². The molecule has 4 aromatic carbocycles.